The molecule has 0 heteroatoms. The fourth-order valence-corrected chi connectivity index (χ4v) is 3.26. The molecule has 114 valence electrons. The summed E-state index contributed by atoms with van der Waals surface area (Å²) in [5.74, 6) is 1.74. The molecule has 2 unspecified atom stereocenters. The van der Waals surface area contributed by atoms with Crippen LogP contribution in [-0.2, 0) is 0 Å². The summed E-state index contributed by atoms with van der Waals surface area (Å²) in [4.78, 5) is 0. The first-order valence-electron chi connectivity index (χ1n) is 8.43. The van der Waals surface area contributed by atoms with Gasteiger partial charge in [-0.05, 0) is 78.1 Å². The molecular weight excluding hydrogens is 240 g/mol. The van der Waals surface area contributed by atoms with Gasteiger partial charge in [0.25, 0.3) is 0 Å². The number of hydrogen-bond acceptors (Lipinski definition) is 0. The lowest BCUT2D eigenvalue weighted by molar-refractivity contribution is 0.282. The van der Waals surface area contributed by atoms with E-state index in [2.05, 4.69) is 46.4 Å². The van der Waals surface area contributed by atoms with E-state index in [1.165, 1.54) is 62.5 Å². The van der Waals surface area contributed by atoms with Gasteiger partial charge in [0.15, 0.2) is 0 Å². The first-order valence-corrected chi connectivity index (χ1v) is 8.43. The Balaban J connectivity index is 2.25. The molecule has 1 saturated carbocycles. The van der Waals surface area contributed by atoms with Crippen molar-refractivity contribution in [1.29, 1.82) is 0 Å². The molecule has 0 aromatic heterocycles. The van der Waals surface area contributed by atoms with Crippen LogP contribution in [0, 0.1) is 11.8 Å². The molecule has 0 aliphatic heterocycles. The average molecular weight is 274 g/mol. The van der Waals surface area contributed by atoms with Crippen molar-refractivity contribution in [2.75, 3.05) is 0 Å². The van der Waals surface area contributed by atoms with Crippen LogP contribution in [0.15, 0.2) is 35.5 Å². The first kappa shape index (κ1) is 17.3. The second-order valence-electron chi connectivity index (χ2n) is 7.02. The molecule has 1 rings (SSSR count). The molecule has 0 bridgehead atoms. The topological polar surface area (TPSA) is 0 Å². The summed E-state index contributed by atoms with van der Waals surface area (Å²) in [6, 6.07) is 0. The van der Waals surface area contributed by atoms with Crippen LogP contribution < -0.4 is 0 Å². The zero-order valence-electron chi connectivity index (χ0n) is 14.2. The van der Waals surface area contributed by atoms with E-state index in [4.69, 9.17) is 0 Å². The summed E-state index contributed by atoms with van der Waals surface area (Å²) in [6.07, 6.45) is 15.5. The maximum absolute atomic E-state index is 4.15. The summed E-state index contributed by atoms with van der Waals surface area (Å²) in [5.41, 5.74) is 4.41. The third-order valence-corrected chi connectivity index (χ3v) is 4.64. The lowest BCUT2D eigenvalue weighted by atomic mass is 9.77. The highest BCUT2D eigenvalue weighted by atomic mass is 14.3. The van der Waals surface area contributed by atoms with E-state index >= 15 is 0 Å². The molecule has 2 atom stereocenters. The third-order valence-electron chi connectivity index (χ3n) is 4.64. The molecule has 0 heterocycles. The largest absolute Gasteiger partial charge is 0.0999 e. The Labute approximate surface area is 127 Å². The summed E-state index contributed by atoms with van der Waals surface area (Å²) < 4.78 is 0. The van der Waals surface area contributed by atoms with Crippen molar-refractivity contribution in [3.8, 4) is 0 Å². The molecule has 0 aromatic rings. The van der Waals surface area contributed by atoms with Gasteiger partial charge in [-0.1, -0.05) is 48.3 Å². The quantitative estimate of drug-likeness (QED) is 0.446. The molecule has 0 aromatic carbocycles. The van der Waals surface area contributed by atoms with E-state index in [0.717, 1.165) is 11.8 Å². The van der Waals surface area contributed by atoms with Crippen LogP contribution in [0.25, 0.3) is 0 Å². The Morgan fingerprint density at radius 3 is 2.45 bits per heavy atom. The Morgan fingerprint density at radius 2 is 1.80 bits per heavy atom. The maximum Gasteiger partial charge on any atom is -0.0206 e. The molecule has 1 fully saturated rings. The zero-order chi connectivity index (χ0) is 15.0. The number of hydrogen-bond donors (Lipinski definition) is 0. The van der Waals surface area contributed by atoms with Gasteiger partial charge in [0.2, 0.25) is 0 Å². The van der Waals surface area contributed by atoms with Crippen molar-refractivity contribution in [3.63, 3.8) is 0 Å². The van der Waals surface area contributed by atoms with Gasteiger partial charge in [0, 0.05) is 0 Å². The van der Waals surface area contributed by atoms with Crippen molar-refractivity contribution >= 4 is 0 Å². The maximum atomic E-state index is 4.15. The minimum atomic E-state index is 0.802. The van der Waals surface area contributed by atoms with Gasteiger partial charge in [-0.3, -0.25) is 0 Å². The molecule has 0 saturated heterocycles. The van der Waals surface area contributed by atoms with E-state index in [1.54, 1.807) is 5.57 Å². The van der Waals surface area contributed by atoms with Crippen LogP contribution in [0.2, 0.25) is 0 Å². The van der Waals surface area contributed by atoms with E-state index in [-0.39, 0.29) is 0 Å². The Kier molecular flexibility index (Phi) is 7.95. The van der Waals surface area contributed by atoms with Gasteiger partial charge in [0.1, 0.15) is 0 Å². The minimum Gasteiger partial charge on any atom is -0.0999 e. The van der Waals surface area contributed by atoms with Crippen molar-refractivity contribution in [2.24, 2.45) is 11.8 Å². The highest BCUT2D eigenvalue weighted by Crippen LogP contribution is 2.35. The molecular formula is C20H34. The summed E-state index contributed by atoms with van der Waals surface area (Å²) in [7, 11) is 0. The van der Waals surface area contributed by atoms with Gasteiger partial charge in [-0.2, -0.15) is 0 Å². The number of rotatable bonds is 7. The van der Waals surface area contributed by atoms with Crippen molar-refractivity contribution in [2.45, 2.75) is 79.1 Å². The fourth-order valence-electron chi connectivity index (χ4n) is 3.26. The smallest absolute Gasteiger partial charge is 0.0206 e. The van der Waals surface area contributed by atoms with Gasteiger partial charge >= 0.3 is 0 Å². The normalized spacial score (nSPS) is 23.5. The fraction of sp³-hybridized carbons (Fsp3) is 0.700. The molecule has 0 nitrogen and oxygen atoms in total. The van der Waals surface area contributed by atoms with Crippen molar-refractivity contribution in [3.05, 3.63) is 35.5 Å². The standard InChI is InChI=1S/C20H34/c1-16(2)9-6-10-18(5)11-7-12-19-13-8-14-20(15-19)17(3)4/h9,11,19-20H,3,6-8,10,12-15H2,1-2,4-5H3. The molecule has 20 heavy (non-hydrogen) atoms. The van der Waals surface area contributed by atoms with E-state index < -0.39 is 0 Å². The van der Waals surface area contributed by atoms with Crippen LogP contribution in [0.4, 0.5) is 0 Å². The van der Waals surface area contributed by atoms with E-state index in [9.17, 15) is 0 Å². The van der Waals surface area contributed by atoms with Crippen LogP contribution in [-0.4, -0.2) is 0 Å². The van der Waals surface area contributed by atoms with Crippen LogP contribution in [0.1, 0.15) is 79.1 Å². The summed E-state index contributed by atoms with van der Waals surface area (Å²) in [5, 5.41) is 0. The lowest BCUT2D eigenvalue weighted by Gasteiger charge is -2.29. The lowest BCUT2D eigenvalue weighted by Crippen LogP contribution is -2.16. The molecule has 0 radical (unpaired) electrons. The first-order chi connectivity index (χ1) is 9.49. The minimum absolute atomic E-state index is 0.802. The monoisotopic (exact) mass is 274 g/mol. The van der Waals surface area contributed by atoms with Gasteiger partial charge < -0.3 is 0 Å². The highest BCUT2D eigenvalue weighted by molar-refractivity contribution is 5.03. The van der Waals surface area contributed by atoms with Gasteiger partial charge in [0.05, 0.1) is 0 Å². The second kappa shape index (κ2) is 9.21. The molecule has 0 spiro atoms. The van der Waals surface area contributed by atoms with Crippen LogP contribution in [0.5, 0.6) is 0 Å². The van der Waals surface area contributed by atoms with Crippen molar-refractivity contribution < 1.29 is 0 Å². The van der Waals surface area contributed by atoms with Crippen LogP contribution >= 0.6 is 0 Å². The van der Waals surface area contributed by atoms with E-state index in [0.29, 0.717) is 0 Å². The molecule has 0 amide bonds. The van der Waals surface area contributed by atoms with Crippen LogP contribution in [0.3, 0.4) is 0 Å². The number of allylic oxidation sites excluding steroid dienone is 5. The third kappa shape index (κ3) is 7.12. The summed E-state index contributed by atoms with van der Waals surface area (Å²) in [6.45, 7) is 13.0. The van der Waals surface area contributed by atoms with Gasteiger partial charge in [-0.15, -0.1) is 0 Å². The zero-order valence-corrected chi connectivity index (χ0v) is 14.2. The predicted molar refractivity (Wildman–Crippen MR) is 91.9 cm³/mol. The average Bonchev–Trinajstić information content (AvgIpc) is 2.38. The molecule has 1 aliphatic rings. The Hall–Kier alpha value is -0.780. The molecule has 1 aliphatic carbocycles. The predicted octanol–water partition coefficient (Wildman–Crippen LogP) is 6.84. The van der Waals surface area contributed by atoms with Crippen molar-refractivity contribution in [1.82, 2.24) is 0 Å². The summed E-state index contributed by atoms with van der Waals surface area (Å²) >= 11 is 0. The molecule has 0 N–H and O–H groups in total. The Bertz CT molecular complexity index is 352. The Morgan fingerprint density at radius 1 is 1.05 bits per heavy atom. The second-order valence-corrected chi connectivity index (χ2v) is 7.02. The van der Waals surface area contributed by atoms with Gasteiger partial charge in [-0.25, -0.2) is 0 Å². The SMILES string of the molecule is C=C(C)C1CCCC(CCC=C(C)CCC=C(C)C)C1. The highest BCUT2D eigenvalue weighted by Gasteiger charge is 2.21. The van der Waals surface area contributed by atoms with E-state index in [1.807, 2.05) is 0 Å².